The second kappa shape index (κ2) is 5.81. The Kier molecular flexibility index (Phi) is 3.50. The standard InChI is InChI=1S/C14H12N8OS/c15-13-19-14(21-20-13)24-7-10-17-11-9(12(23)18-10)6-16-22(11)8-4-2-1-3-5-8/h1-6H,7H2,(H,17,18,23)(H3,15,19,20,21). The third-order valence-electron chi connectivity index (χ3n) is 3.31. The van der Waals surface area contributed by atoms with Crippen molar-refractivity contribution in [1.82, 2.24) is 34.9 Å². The normalized spacial score (nSPS) is 11.2. The predicted octanol–water partition coefficient (Wildman–Crippen LogP) is 1.10. The fourth-order valence-electron chi connectivity index (χ4n) is 2.25. The molecular formula is C14H12N8OS. The number of para-hydroxylation sites is 1. The van der Waals surface area contributed by atoms with Crippen molar-refractivity contribution in [2.24, 2.45) is 0 Å². The molecule has 1 aromatic carbocycles. The Bertz CT molecular complexity index is 1050. The van der Waals surface area contributed by atoms with Gasteiger partial charge in [0.25, 0.3) is 5.56 Å². The number of fused-ring (bicyclic) bond motifs is 1. The maximum atomic E-state index is 12.2. The van der Waals surface area contributed by atoms with Crippen LogP contribution >= 0.6 is 11.8 Å². The zero-order valence-corrected chi connectivity index (χ0v) is 13.1. The number of rotatable bonds is 4. The van der Waals surface area contributed by atoms with E-state index >= 15 is 0 Å². The molecule has 9 nitrogen and oxygen atoms in total. The third-order valence-corrected chi connectivity index (χ3v) is 4.17. The minimum absolute atomic E-state index is 0.229. The second-order valence-electron chi connectivity index (χ2n) is 4.93. The number of H-pyrrole nitrogens is 2. The van der Waals surface area contributed by atoms with Crippen molar-refractivity contribution in [2.75, 3.05) is 5.73 Å². The SMILES string of the molecule is Nc1nc(SCc2nc3c(cnn3-c3ccccc3)c(=O)[nH]2)n[nH]1. The third kappa shape index (κ3) is 2.63. The monoisotopic (exact) mass is 340 g/mol. The van der Waals surface area contributed by atoms with Gasteiger partial charge in [0.2, 0.25) is 11.1 Å². The van der Waals surface area contributed by atoms with Crippen molar-refractivity contribution in [3.8, 4) is 5.69 Å². The molecule has 10 heteroatoms. The van der Waals surface area contributed by atoms with Crippen LogP contribution in [0.25, 0.3) is 16.7 Å². The van der Waals surface area contributed by atoms with Crippen LogP contribution in [-0.2, 0) is 5.75 Å². The Hall–Kier alpha value is -3.14. The van der Waals surface area contributed by atoms with E-state index in [4.69, 9.17) is 5.73 Å². The summed E-state index contributed by atoms with van der Waals surface area (Å²) in [4.78, 5) is 23.5. The summed E-state index contributed by atoms with van der Waals surface area (Å²) >= 11 is 1.32. The number of hydrogen-bond donors (Lipinski definition) is 3. The van der Waals surface area contributed by atoms with Gasteiger partial charge >= 0.3 is 0 Å². The van der Waals surface area contributed by atoms with Crippen LogP contribution in [0.2, 0.25) is 0 Å². The predicted molar refractivity (Wildman–Crippen MR) is 89.8 cm³/mol. The van der Waals surface area contributed by atoms with E-state index in [1.165, 1.54) is 18.0 Å². The number of aromatic amines is 2. The molecule has 120 valence electrons. The van der Waals surface area contributed by atoms with Gasteiger partial charge in [-0.1, -0.05) is 30.0 Å². The number of nitrogen functional groups attached to an aromatic ring is 1. The first-order valence-corrected chi connectivity index (χ1v) is 8.02. The first-order chi connectivity index (χ1) is 11.7. The largest absolute Gasteiger partial charge is 0.368 e. The van der Waals surface area contributed by atoms with Crippen LogP contribution in [0.15, 0.2) is 46.5 Å². The smallest absolute Gasteiger partial charge is 0.262 e. The summed E-state index contributed by atoms with van der Waals surface area (Å²) in [6.07, 6.45) is 1.51. The maximum Gasteiger partial charge on any atom is 0.262 e. The summed E-state index contributed by atoms with van der Waals surface area (Å²) in [5.41, 5.74) is 6.61. The molecule has 4 aromatic rings. The number of nitrogens with zero attached hydrogens (tertiary/aromatic N) is 5. The molecule has 0 aliphatic carbocycles. The summed E-state index contributed by atoms with van der Waals surface area (Å²) in [5, 5.41) is 11.7. The van der Waals surface area contributed by atoms with Crippen LogP contribution in [0.1, 0.15) is 5.82 Å². The van der Waals surface area contributed by atoms with Crippen LogP contribution < -0.4 is 11.3 Å². The molecule has 3 heterocycles. The summed E-state index contributed by atoms with van der Waals surface area (Å²) in [6.45, 7) is 0. The molecule has 0 aliphatic heterocycles. The fraction of sp³-hybridized carbons (Fsp3) is 0.0714. The number of aromatic nitrogens is 7. The van der Waals surface area contributed by atoms with Gasteiger partial charge in [0.15, 0.2) is 5.65 Å². The van der Waals surface area contributed by atoms with Crippen LogP contribution in [0, 0.1) is 0 Å². The lowest BCUT2D eigenvalue weighted by atomic mass is 10.3. The maximum absolute atomic E-state index is 12.2. The van der Waals surface area contributed by atoms with Crippen LogP contribution in [0.4, 0.5) is 5.95 Å². The summed E-state index contributed by atoms with van der Waals surface area (Å²) < 4.78 is 1.64. The van der Waals surface area contributed by atoms with Gasteiger partial charge in [0, 0.05) is 0 Å². The lowest BCUT2D eigenvalue weighted by Crippen LogP contribution is -2.11. The van der Waals surface area contributed by atoms with E-state index in [9.17, 15) is 4.79 Å². The molecular weight excluding hydrogens is 328 g/mol. The number of nitrogens with two attached hydrogens (primary N) is 1. The Morgan fingerprint density at radius 2 is 2.04 bits per heavy atom. The van der Waals surface area contributed by atoms with Gasteiger partial charge in [-0.2, -0.15) is 10.1 Å². The van der Waals surface area contributed by atoms with Crippen molar-refractivity contribution in [2.45, 2.75) is 10.9 Å². The molecule has 0 aliphatic rings. The van der Waals surface area contributed by atoms with Gasteiger partial charge in [0.1, 0.15) is 11.2 Å². The average molecular weight is 340 g/mol. The van der Waals surface area contributed by atoms with E-state index in [-0.39, 0.29) is 11.5 Å². The molecule has 0 radical (unpaired) electrons. The Balaban J connectivity index is 1.71. The minimum atomic E-state index is -0.229. The van der Waals surface area contributed by atoms with E-state index in [2.05, 4.69) is 30.2 Å². The van der Waals surface area contributed by atoms with Gasteiger partial charge < -0.3 is 10.7 Å². The molecule has 0 saturated heterocycles. The second-order valence-corrected chi connectivity index (χ2v) is 5.88. The number of nitrogens with one attached hydrogen (secondary N) is 2. The molecule has 3 aromatic heterocycles. The van der Waals surface area contributed by atoms with Crippen LogP contribution in [-0.4, -0.2) is 34.9 Å². The molecule has 4 N–H and O–H groups in total. The van der Waals surface area contributed by atoms with Crippen molar-refractivity contribution in [1.29, 1.82) is 0 Å². The molecule has 0 fully saturated rings. The van der Waals surface area contributed by atoms with Crippen molar-refractivity contribution in [3.05, 3.63) is 52.7 Å². The van der Waals surface area contributed by atoms with E-state index in [1.54, 1.807) is 4.68 Å². The molecule has 0 amide bonds. The molecule has 0 spiro atoms. The number of benzene rings is 1. The first-order valence-electron chi connectivity index (χ1n) is 7.04. The zero-order chi connectivity index (χ0) is 16.5. The minimum Gasteiger partial charge on any atom is -0.368 e. The summed E-state index contributed by atoms with van der Waals surface area (Å²) in [7, 11) is 0. The Morgan fingerprint density at radius 3 is 2.79 bits per heavy atom. The quantitative estimate of drug-likeness (QED) is 0.474. The van der Waals surface area contributed by atoms with Crippen LogP contribution in [0.5, 0.6) is 0 Å². The van der Waals surface area contributed by atoms with Crippen molar-refractivity contribution >= 4 is 28.7 Å². The van der Waals surface area contributed by atoms with Gasteiger partial charge in [-0.25, -0.2) is 14.8 Å². The number of anilines is 1. The number of thioether (sulfide) groups is 1. The van der Waals surface area contributed by atoms with E-state index in [0.717, 1.165) is 5.69 Å². The average Bonchev–Trinajstić information content (AvgIpc) is 3.20. The summed E-state index contributed by atoms with van der Waals surface area (Å²) in [6, 6.07) is 9.53. The highest BCUT2D eigenvalue weighted by molar-refractivity contribution is 7.98. The van der Waals surface area contributed by atoms with Gasteiger partial charge in [0.05, 0.1) is 17.6 Å². The topological polar surface area (TPSA) is 131 Å². The zero-order valence-electron chi connectivity index (χ0n) is 12.3. The Morgan fingerprint density at radius 1 is 1.21 bits per heavy atom. The van der Waals surface area contributed by atoms with E-state index in [0.29, 0.717) is 27.8 Å². The first kappa shape index (κ1) is 14.5. The van der Waals surface area contributed by atoms with Gasteiger partial charge in [-0.3, -0.25) is 4.79 Å². The highest BCUT2D eigenvalue weighted by Crippen LogP contribution is 2.19. The Labute approximate surface area is 139 Å². The van der Waals surface area contributed by atoms with E-state index < -0.39 is 0 Å². The lowest BCUT2D eigenvalue weighted by molar-refractivity contribution is 0.886. The number of hydrogen-bond acceptors (Lipinski definition) is 7. The van der Waals surface area contributed by atoms with E-state index in [1.807, 2.05) is 30.3 Å². The van der Waals surface area contributed by atoms with Crippen molar-refractivity contribution in [3.63, 3.8) is 0 Å². The molecule has 24 heavy (non-hydrogen) atoms. The van der Waals surface area contributed by atoms with Crippen molar-refractivity contribution < 1.29 is 0 Å². The van der Waals surface area contributed by atoms with Gasteiger partial charge in [-0.15, -0.1) is 5.10 Å². The molecule has 0 atom stereocenters. The highest BCUT2D eigenvalue weighted by Gasteiger charge is 2.12. The fourth-order valence-corrected chi connectivity index (χ4v) is 2.92. The molecule has 0 unspecified atom stereocenters. The summed E-state index contributed by atoms with van der Waals surface area (Å²) in [5.74, 6) is 1.16. The lowest BCUT2D eigenvalue weighted by Gasteiger charge is -2.03. The highest BCUT2D eigenvalue weighted by atomic mass is 32.2. The molecule has 4 rings (SSSR count). The van der Waals surface area contributed by atoms with Gasteiger partial charge in [-0.05, 0) is 12.1 Å². The molecule has 0 bridgehead atoms. The molecule has 0 saturated carbocycles. The van der Waals surface area contributed by atoms with Crippen LogP contribution in [0.3, 0.4) is 0 Å².